The fraction of sp³-hybridized carbons (Fsp3) is 0.633. The maximum atomic E-state index is 6.49. The Balaban J connectivity index is 0.000000163. The Morgan fingerprint density at radius 1 is 1.00 bits per heavy atom. The summed E-state index contributed by atoms with van der Waals surface area (Å²) in [7, 11) is 2.18. The Morgan fingerprint density at radius 2 is 1.67 bits per heavy atom. The van der Waals surface area contributed by atoms with E-state index in [1.165, 1.54) is 54.0 Å². The second-order valence-electron chi connectivity index (χ2n) is 13.0. The number of hydrogen-bond acceptors (Lipinski definition) is 6. The third kappa shape index (κ3) is 4.84. The van der Waals surface area contributed by atoms with E-state index in [1.807, 2.05) is 0 Å². The molecule has 2 aromatic rings. The van der Waals surface area contributed by atoms with Crippen molar-refractivity contribution in [2.45, 2.75) is 72.3 Å². The first-order valence-electron chi connectivity index (χ1n) is 13.4. The summed E-state index contributed by atoms with van der Waals surface area (Å²) in [6.07, 6.45) is 8.27. The molecule has 4 atom stereocenters. The zero-order chi connectivity index (χ0) is 24.4. The van der Waals surface area contributed by atoms with Gasteiger partial charge < -0.3 is 20.9 Å². The van der Waals surface area contributed by atoms with E-state index >= 15 is 0 Å². The highest BCUT2D eigenvalue weighted by Gasteiger charge is 2.58. The molecule has 2 aliphatic heterocycles. The van der Waals surface area contributed by atoms with Crippen molar-refractivity contribution in [1.82, 2.24) is 9.80 Å². The molecular weight excluding hydrogens is 462 g/mol. The van der Waals surface area contributed by atoms with Crippen LogP contribution in [0.15, 0.2) is 35.3 Å². The number of nitrogens with two attached hydrogens (primary N) is 1. The van der Waals surface area contributed by atoms with Crippen LogP contribution >= 0.6 is 11.3 Å². The number of thiophene rings is 1. The number of amidine groups is 1. The summed E-state index contributed by atoms with van der Waals surface area (Å²) in [5, 5.41) is 4.78. The van der Waals surface area contributed by atoms with Crippen molar-refractivity contribution in [1.29, 1.82) is 0 Å². The van der Waals surface area contributed by atoms with E-state index in [4.69, 9.17) is 10.7 Å². The minimum absolute atomic E-state index is 0. The molecule has 36 heavy (non-hydrogen) atoms. The van der Waals surface area contributed by atoms with E-state index in [1.54, 1.807) is 11.3 Å². The number of nitrogens with one attached hydrogen (secondary N) is 1. The SMILES string of the molecule is C.C[C@]12CC3CC(N)(C1)C[C@@](C)(C3)C2.Cc1cc2c(s1)Nc1ccccc1N=C2N1CCN(C)CC1. The number of anilines is 2. The van der Waals surface area contributed by atoms with Crippen LogP contribution in [0.2, 0.25) is 0 Å². The molecule has 1 aromatic heterocycles. The number of nitrogens with zero attached hydrogens (tertiary/aromatic N) is 3. The molecule has 6 heteroatoms. The normalized spacial score (nSPS) is 34.3. The molecule has 4 aliphatic carbocycles. The number of likely N-dealkylation sites (N-methyl/N-ethyl adjacent to an activating group) is 1. The van der Waals surface area contributed by atoms with Gasteiger partial charge in [-0.2, -0.15) is 0 Å². The first-order valence-corrected chi connectivity index (χ1v) is 14.2. The van der Waals surface area contributed by atoms with Crippen molar-refractivity contribution in [3.63, 3.8) is 0 Å². The van der Waals surface area contributed by atoms with E-state index in [-0.39, 0.29) is 13.0 Å². The highest BCUT2D eigenvalue weighted by atomic mass is 32.1. The average molecular weight is 508 g/mol. The Kier molecular flexibility index (Phi) is 6.54. The second-order valence-corrected chi connectivity index (χ2v) is 14.2. The Morgan fingerprint density at radius 3 is 2.31 bits per heavy atom. The van der Waals surface area contributed by atoms with Crippen LogP contribution in [0.5, 0.6) is 0 Å². The fourth-order valence-electron chi connectivity index (χ4n) is 8.54. The lowest BCUT2D eigenvalue weighted by Gasteiger charge is -2.64. The molecule has 1 aromatic carbocycles. The second kappa shape index (κ2) is 9.14. The van der Waals surface area contributed by atoms with Crippen LogP contribution in [0.25, 0.3) is 0 Å². The van der Waals surface area contributed by atoms with Crippen LogP contribution in [0.4, 0.5) is 16.4 Å². The zero-order valence-electron chi connectivity index (χ0n) is 21.9. The largest absolute Gasteiger partial charge is 0.353 e. The molecule has 0 radical (unpaired) electrons. The molecule has 196 valence electrons. The molecule has 3 N–H and O–H groups in total. The summed E-state index contributed by atoms with van der Waals surface area (Å²) in [5.74, 6) is 2.07. The van der Waals surface area contributed by atoms with Gasteiger partial charge in [0.1, 0.15) is 10.8 Å². The van der Waals surface area contributed by atoms with Crippen LogP contribution in [-0.2, 0) is 0 Å². The number of piperazine rings is 1. The topological polar surface area (TPSA) is 56.9 Å². The molecule has 5 nitrogen and oxygen atoms in total. The van der Waals surface area contributed by atoms with Crippen LogP contribution in [0.1, 0.15) is 70.2 Å². The highest BCUT2D eigenvalue weighted by molar-refractivity contribution is 7.16. The number of para-hydroxylation sites is 2. The van der Waals surface area contributed by atoms with Gasteiger partial charge in [0.15, 0.2) is 0 Å². The molecule has 5 fully saturated rings. The van der Waals surface area contributed by atoms with Gasteiger partial charge in [-0.15, -0.1) is 11.3 Å². The molecular formula is C30H45N5S. The lowest BCUT2D eigenvalue weighted by Crippen LogP contribution is -2.62. The van der Waals surface area contributed by atoms with Crippen molar-refractivity contribution in [2.75, 3.05) is 38.5 Å². The molecule has 4 bridgehead atoms. The van der Waals surface area contributed by atoms with Crippen LogP contribution in [0, 0.1) is 23.7 Å². The number of rotatable bonds is 0. The van der Waals surface area contributed by atoms with Crippen molar-refractivity contribution in [3.05, 3.63) is 40.8 Å². The van der Waals surface area contributed by atoms with E-state index in [9.17, 15) is 0 Å². The first kappa shape index (κ1) is 25.7. The van der Waals surface area contributed by atoms with Gasteiger partial charge in [-0.3, -0.25) is 0 Å². The third-order valence-electron chi connectivity index (χ3n) is 8.95. The smallest absolute Gasteiger partial charge is 0.139 e. The van der Waals surface area contributed by atoms with Crippen molar-refractivity contribution >= 4 is 33.5 Å². The summed E-state index contributed by atoms with van der Waals surface area (Å²) < 4.78 is 0. The first-order chi connectivity index (χ1) is 16.6. The number of benzene rings is 1. The molecule has 6 aliphatic rings. The molecule has 0 amide bonds. The summed E-state index contributed by atoms with van der Waals surface area (Å²) in [4.78, 5) is 11.1. The van der Waals surface area contributed by atoms with E-state index in [2.05, 4.69) is 73.3 Å². The predicted molar refractivity (Wildman–Crippen MR) is 155 cm³/mol. The number of hydrogen-bond donors (Lipinski definition) is 2. The van der Waals surface area contributed by atoms with Gasteiger partial charge >= 0.3 is 0 Å². The molecule has 1 saturated heterocycles. The van der Waals surface area contributed by atoms with Gasteiger partial charge in [0, 0.05) is 36.6 Å². The summed E-state index contributed by atoms with van der Waals surface area (Å²) in [6.45, 7) is 11.3. The van der Waals surface area contributed by atoms with Crippen LogP contribution < -0.4 is 11.1 Å². The van der Waals surface area contributed by atoms with Gasteiger partial charge in [0.25, 0.3) is 0 Å². The van der Waals surface area contributed by atoms with Crippen LogP contribution in [0.3, 0.4) is 0 Å². The fourth-order valence-corrected chi connectivity index (χ4v) is 9.46. The maximum Gasteiger partial charge on any atom is 0.139 e. The predicted octanol–water partition coefficient (Wildman–Crippen LogP) is 6.77. The monoisotopic (exact) mass is 507 g/mol. The van der Waals surface area contributed by atoms with Crippen molar-refractivity contribution < 1.29 is 0 Å². The van der Waals surface area contributed by atoms with E-state index in [0.717, 1.165) is 49.3 Å². The minimum atomic E-state index is 0. The van der Waals surface area contributed by atoms with Crippen LogP contribution in [-0.4, -0.2) is 54.4 Å². The maximum absolute atomic E-state index is 6.49. The van der Waals surface area contributed by atoms with Gasteiger partial charge in [0.05, 0.1) is 16.9 Å². The van der Waals surface area contributed by atoms with E-state index < -0.39 is 0 Å². The summed E-state index contributed by atoms with van der Waals surface area (Å²) >= 11 is 1.81. The summed E-state index contributed by atoms with van der Waals surface area (Å²) in [5.41, 5.74) is 11.3. The lowest BCUT2D eigenvalue weighted by atomic mass is 9.43. The zero-order valence-corrected chi connectivity index (χ0v) is 22.7. The molecule has 2 unspecified atom stereocenters. The minimum Gasteiger partial charge on any atom is -0.353 e. The standard InChI is InChI=1S/C17H20N4S.C12H21N.CH4/c1-12-11-13-16(21-9-7-20(2)8-10-21)18-14-5-3-4-6-15(14)19-17(13)22-12;1-10-3-9-4-11(2,6-10)8-12(13,5-9)7-10;/h3-6,11,19H,7-10H2,1-2H3;9H,3-8,13H2,1-2H3;1H4/t;9?,10-,11+,12?;. The van der Waals surface area contributed by atoms with Crippen molar-refractivity contribution in [3.8, 4) is 0 Å². The molecule has 8 rings (SSSR count). The van der Waals surface area contributed by atoms with E-state index in [0.29, 0.717) is 10.8 Å². The average Bonchev–Trinajstić information content (AvgIpc) is 3.03. The van der Waals surface area contributed by atoms with Gasteiger partial charge in [-0.05, 0) is 87.4 Å². The van der Waals surface area contributed by atoms with Gasteiger partial charge in [-0.25, -0.2) is 4.99 Å². The number of aryl methyl sites for hydroxylation is 1. The van der Waals surface area contributed by atoms with Gasteiger partial charge in [0.2, 0.25) is 0 Å². The summed E-state index contributed by atoms with van der Waals surface area (Å²) in [6, 6.07) is 10.6. The number of fused-ring (bicyclic) bond motifs is 2. The lowest BCUT2D eigenvalue weighted by molar-refractivity contribution is -0.104. The molecule has 4 saturated carbocycles. The van der Waals surface area contributed by atoms with Gasteiger partial charge in [-0.1, -0.05) is 33.4 Å². The Bertz CT molecular complexity index is 1090. The Hall–Kier alpha value is -1.89. The molecule has 0 spiro atoms. The number of aliphatic imine (C=N–C) groups is 1. The highest BCUT2D eigenvalue weighted by Crippen LogP contribution is 2.65. The van der Waals surface area contributed by atoms with Crippen molar-refractivity contribution in [2.24, 2.45) is 27.5 Å². The Labute approximate surface area is 222 Å². The third-order valence-corrected chi connectivity index (χ3v) is 9.91. The molecule has 3 heterocycles. The quantitative estimate of drug-likeness (QED) is 0.413.